The molecular weight excluding hydrogens is 411 g/mol. The average molecular weight is 433 g/mol. The van der Waals surface area contributed by atoms with Crippen LogP contribution in [0.3, 0.4) is 0 Å². The number of guanidine groups is 1. The maximum Gasteiger partial charge on any atom is 0.191 e. The van der Waals surface area contributed by atoms with Gasteiger partial charge in [0, 0.05) is 23.1 Å². The molecule has 1 heterocycles. The number of hydrogen-bond donors (Lipinski definition) is 3. The Kier molecular flexibility index (Phi) is 7.46. The van der Waals surface area contributed by atoms with Gasteiger partial charge in [0.1, 0.15) is 12.7 Å². The molecule has 1 atom stereocenters. The number of rotatable bonds is 7. The lowest BCUT2D eigenvalue weighted by molar-refractivity contribution is 0.181. The molecule has 0 aliphatic rings. The lowest BCUT2D eigenvalue weighted by Gasteiger charge is -2.16. The summed E-state index contributed by atoms with van der Waals surface area (Å²) in [6.45, 7) is 3.45. The third-order valence-electron chi connectivity index (χ3n) is 4.12. The minimum absolute atomic E-state index is 0.272. The molecule has 0 fully saturated rings. The first-order chi connectivity index (χ1) is 14.0. The molecule has 0 saturated heterocycles. The highest BCUT2D eigenvalue weighted by Crippen LogP contribution is 2.23. The minimum Gasteiger partial charge on any atom is -0.387 e. The molecule has 1 aromatic heterocycles. The number of benzene rings is 2. The molecule has 7 nitrogen and oxygen atoms in total. The quantitative estimate of drug-likeness (QED) is 0.393. The summed E-state index contributed by atoms with van der Waals surface area (Å²) in [7, 11) is 0. The number of halogens is 2. The molecule has 0 radical (unpaired) electrons. The second-order valence-corrected chi connectivity index (χ2v) is 7.17. The van der Waals surface area contributed by atoms with E-state index in [2.05, 4.69) is 25.7 Å². The Morgan fingerprint density at radius 2 is 1.86 bits per heavy atom. The Balaban J connectivity index is 1.60. The van der Waals surface area contributed by atoms with Crippen molar-refractivity contribution in [3.63, 3.8) is 0 Å². The Morgan fingerprint density at radius 1 is 1.14 bits per heavy atom. The summed E-state index contributed by atoms with van der Waals surface area (Å²) >= 11 is 12.0. The molecule has 3 rings (SSSR count). The van der Waals surface area contributed by atoms with E-state index in [1.807, 2.05) is 31.2 Å². The van der Waals surface area contributed by atoms with E-state index in [1.54, 1.807) is 29.2 Å². The van der Waals surface area contributed by atoms with Crippen LogP contribution in [-0.2, 0) is 6.54 Å². The first kappa shape index (κ1) is 21.1. The van der Waals surface area contributed by atoms with E-state index < -0.39 is 6.10 Å². The van der Waals surface area contributed by atoms with Crippen LogP contribution in [-0.4, -0.2) is 38.9 Å². The van der Waals surface area contributed by atoms with E-state index >= 15 is 0 Å². The second kappa shape index (κ2) is 10.2. The second-order valence-electron chi connectivity index (χ2n) is 6.30. The van der Waals surface area contributed by atoms with Crippen molar-refractivity contribution in [1.29, 1.82) is 0 Å². The van der Waals surface area contributed by atoms with Crippen molar-refractivity contribution in [2.45, 2.75) is 19.6 Å². The van der Waals surface area contributed by atoms with Gasteiger partial charge in [0.2, 0.25) is 0 Å². The Morgan fingerprint density at radius 3 is 2.48 bits per heavy atom. The number of aliphatic hydroxyl groups is 1. The van der Waals surface area contributed by atoms with Gasteiger partial charge in [0.15, 0.2) is 5.96 Å². The molecule has 1 unspecified atom stereocenters. The number of hydrogen-bond acceptors (Lipinski definition) is 4. The summed E-state index contributed by atoms with van der Waals surface area (Å²) in [6.07, 6.45) is 2.38. The molecule has 2 aromatic carbocycles. The van der Waals surface area contributed by atoms with Gasteiger partial charge < -0.3 is 15.7 Å². The topological polar surface area (TPSA) is 87.4 Å². The number of aromatic nitrogens is 3. The van der Waals surface area contributed by atoms with Crippen LogP contribution in [0.2, 0.25) is 10.0 Å². The summed E-state index contributed by atoms with van der Waals surface area (Å²) in [4.78, 5) is 8.52. The lowest BCUT2D eigenvalue weighted by Crippen LogP contribution is -2.39. The van der Waals surface area contributed by atoms with Gasteiger partial charge in [0.05, 0.1) is 18.3 Å². The smallest absolute Gasteiger partial charge is 0.191 e. The fourth-order valence-corrected chi connectivity index (χ4v) is 3.23. The predicted molar refractivity (Wildman–Crippen MR) is 116 cm³/mol. The van der Waals surface area contributed by atoms with Crippen molar-refractivity contribution < 1.29 is 5.11 Å². The van der Waals surface area contributed by atoms with Gasteiger partial charge in [-0.25, -0.2) is 14.7 Å². The standard InChI is InChI=1S/C20H22Cl2N6O/c1-2-24-20(26-11-19(29)15-7-16(21)9-17(22)8-15)25-10-14-3-5-18(6-4-14)28-13-23-12-27-28/h3-9,12-13,19,29H,2,10-11H2,1H3,(H2,24,25,26). The molecule has 0 aliphatic heterocycles. The normalized spacial score (nSPS) is 12.6. The molecule has 3 N–H and O–H groups in total. The van der Waals surface area contributed by atoms with Crippen LogP contribution in [0.1, 0.15) is 24.2 Å². The van der Waals surface area contributed by atoms with Crippen molar-refractivity contribution in [2.75, 3.05) is 13.1 Å². The summed E-state index contributed by atoms with van der Waals surface area (Å²) < 4.78 is 1.70. The average Bonchev–Trinajstić information content (AvgIpc) is 3.24. The zero-order valence-corrected chi connectivity index (χ0v) is 17.4. The van der Waals surface area contributed by atoms with Crippen LogP contribution in [0.4, 0.5) is 0 Å². The first-order valence-electron chi connectivity index (χ1n) is 9.15. The number of nitrogens with one attached hydrogen (secondary N) is 2. The fourth-order valence-electron chi connectivity index (χ4n) is 2.69. The molecular formula is C20H22Cl2N6O. The van der Waals surface area contributed by atoms with E-state index in [9.17, 15) is 5.11 Å². The van der Waals surface area contributed by atoms with Gasteiger partial charge in [0.25, 0.3) is 0 Å². The van der Waals surface area contributed by atoms with Gasteiger partial charge in [-0.2, -0.15) is 5.10 Å². The van der Waals surface area contributed by atoms with Gasteiger partial charge in [-0.1, -0.05) is 35.3 Å². The van der Waals surface area contributed by atoms with E-state index in [0.717, 1.165) is 11.3 Å². The SMILES string of the molecule is CCNC(=NCc1ccc(-n2cncn2)cc1)NCC(O)c1cc(Cl)cc(Cl)c1. The molecule has 0 saturated carbocycles. The molecule has 9 heteroatoms. The van der Waals surface area contributed by atoms with Crippen LogP contribution in [0, 0.1) is 0 Å². The number of aliphatic hydroxyl groups excluding tert-OH is 1. The molecule has 152 valence electrons. The Bertz CT molecular complexity index is 924. The highest BCUT2D eigenvalue weighted by Gasteiger charge is 2.10. The van der Waals surface area contributed by atoms with Crippen LogP contribution < -0.4 is 10.6 Å². The van der Waals surface area contributed by atoms with Crippen molar-refractivity contribution >= 4 is 29.2 Å². The molecule has 3 aromatic rings. The van der Waals surface area contributed by atoms with Gasteiger partial charge >= 0.3 is 0 Å². The zero-order valence-electron chi connectivity index (χ0n) is 15.9. The summed E-state index contributed by atoms with van der Waals surface area (Å²) in [5.74, 6) is 0.611. The first-order valence-corrected chi connectivity index (χ1v) is 9.91. The van der Waals surface area contributed by atoms with Crippen LogP contribution in [0.15, 0.2) is 60.1 Å². The molecule has 0 aliphatic carbocycles. The summed E-state index contributed by atoms with van der Waals surface area (Å²) in [6, 6.07) is 12.9. The van der Waals surface area contributed by atoms with Gasteiger partial charge in [-0.15, -0.1) is 0 Å². The van der Waals surface area contributed by atoms with Crippen molar-refractivity contribution in [2.24, 2.45) is 4.99 Å². The molecule has 0 amide bonds. The maximum absolute atomic E-state index is 10.4. The Hall–Kier alpha value is -2.61. The third-order valence-corrected chi connectivity index (χ3v) is 4.55. The number of nitrogens with zero attached hydrogens (tertiary/aromatic N) is 4. The number of aliphatic imine (C=N–C) groups is 1. The highest BCUT2D eigenvalue weighted by molar-refractivity contribution is 6.34. The fraction of sp³-hybridized carbons (Fsp3) is 0.250. The van der Waals surface area contributed by atoms with Crippen molar-refractivity contribution in [3.05, 3.63) is 76.3 Å². The van der Waals surface area contributed by atoms with Gasteiger partial charge in [-0.05, 0) is 48.4 Å². The van der Waals surface area contributed by atoms with Crippen molar-refractivity contribution in [3.8, 4) is 5.69 Å². The van der Waals surface area contributed by atoms with E-state index in [-0.39, 0.29) is 6.54 Å². The van der Waals surface area contributed by atoms with Crippen LogP contribution in [0.5, 0.6) is 0 Å². The summed E-state index contributed by atoms with van der Waals surface area (Å²) in [5, 5.41) is 21.8. The van der Waals surface area contributed by atoms with Crippen LogP contribution in [0.25, 0.3) is 5.69 Å². The van der Waals surface area contributed by atoms with E-state index in [0.29, 0.717) is 34.7 Å². The maximum atomic E-state index is 10.4. The molecule has 0 bridgehead atoms. The highest BCUT2D eigenvalue weighted by atomic mass is 35.5. The predicted octanol–water partition coefficient (Wildman–Crippen LogP) is 3.36. The monoisotopic (exact) mass is 432 g/mol. The van der Waals surface area contributed by atoms with E-state index in [4.69, 9.17) is 23.2 Å². The van der Waals surface area contributed by atoms with Gasteiger partial charge in [-0.3, -0.25) is 0 Å². The van der Waals surface area contributed by atoms with Crippen LogP contribution >= 0.6 is 23.2 Å². The minimum atomic E-state index is -0.767. The third kappa shape index (κ3) is 6.19. The van der Waals surface area contributed by atoms with Crippen molar-refractivity contribution in [1.82, 2.24) is 25.4 Å². The zero-order chi connectivity index (χ0) is 20.6. The molecule has 0 spiro atoms. The lowest BCUT2D eigenvalue weighted by atomic mass is 10.1. The Labute approximate surface area is 179 Å². The molecule has 29 heavy (non-hydrogen) atoms. The van der Waals surface area contributed by atoms with E-state index in [1.165, 1.54) is 6.33 Å². The summed E-state index contributed by atoms with van der Waals surface area (Å²) in [5.41, 5.74) is 2.63. The largest absolute Gasteiger partial charge is 0.387 e.